The third kappa shape index (κ3) is 2.95. The van der Waals surface area contributed by atoms with Crippen LogP contribution >= 0.6 is 15.9 Å². The quantitative estimate of drug-likeness (QED) is 0.371. The topological polar surface area (TPSA) is 61.2 Å². The Kier molecular flexibility index (Phi) is 4.25. The fraction of sp³-hybridized carbons (Fsp3) is 0.0417. The van der Waals surface area contributed by atoms with Gasteiger partial charge in [0.15, 0.2) is 0 Å². The van der Waals surface area contributed by atoms with E-state index >= 15 is 0 Å². The van der Waals surface area contributed by atoms with Crippen molar-refractivity contribution in [2.45, 2.75) is 6.54 Å². The molecule has 0 bridgehead atoms. The second kappa shape index (κ2) is 6.94. The summed E-state index contributed by atoms with van der Waals surface area (Å²) in [6, 6.07) is 23.8. The SMILES string of the molecule is NC(=O)c1cccc2c1c1ccc(-c3ccco3)cc1n2Cc1ccccc1Br. The predicted octanol–water partition coefficient (Wildman–Crippen LogP) is 5.96. The zero-order chi connectivity index (χ0) is 20.0. The second-order valence-electron chi connectivity index (χ2n) is 6.95. The van der Waals surface area contributed by atoms with Gasteiger partial charge in [-0.05, 0) is 42.0 Å². The monoisotopic (exact) mass is 444 g/mol. The number of carbonyl (C=O) groups is 1. The number of furan rings is 1. The first-order valence-electron chi connectivity index (χ1n) is 9.25. The van der Waals surface area contributed by atoms with Crippen LogP contribution in [0.5, 0.6) is 0 Å². The highest BCUT2D eigenvalue weighted by Gasteiger charge is 2.18. The van der Waals surface area contributed by atoms with Crippen LogP contribution in [0.4, 0.5) is 0 Å². The fourth-order valence-electron chi connectivity index (χ4n) is 3.91. The second-order valence-corrected chi connectivity index (χ2v) is 7.81. The molecule has 0 unspecified atom stereocenters. The maximum Gasteiger partial charge on any atom is 0.249 e. The minimum atomic E-state index is -0.425. The van der Waals surface area contributed by atoms with Gasteiger partial charge in [0.05, 0.1) is 17.3 Å². The molecule has 2 N–H and O–H groups in total. The van der Waals surface area contributed by atoms with Crippen molar-refractivity contribution in [3.05, 3.63) is 94.7 Å². The Balaban J connectivity index is 1.84. The molecular formula is C24H17BrN2O2. The number of amides is 1. The number of nitrogens with zero attached hydrogens (tertiary/aromatic N) is 1. The molecule has 2 aromatic heterocycles. The lowest BCUT2D eigenvalue weighted by Crippen LogP contribution is -2.11. The van der Waals surface area contributed by atoms with Crippen LogP contribution in [0.1, 0.15) is 15.9 Å². The molecule has 0 spiro atoms. The zero-order valence-electron chi connectivity index (χ0n) is 15.4. The van der Waals surface area contributed by atoms with Gasteiger partial charge >= 0.3 is 0 Å². The largest absolute Gasteiger partial charge is 0.464 e. The fourth-order valence-corrected chi connectivity index (χ4v) is 4.32. The molecule has 142 valence electrons. The van der Waals surface area contributed by atoms with Crippen LogP contribution in [-0.4, -0.2) is 10.5 Å². The van der Waals surface area contributed by atoms with Crippen molar-refractivity contribution in [2.24, 2.45) is 5.73 Å². The van der Waals surface area contributed by atoms with Gasteiger partial charge in [-0.3, -0.25) is 4.79 Å². The van der Waals surface area contributed by atoms with E-state index in [1.165, 1.54) is 0 Å². The molecule has 0 aliphatic carbocycles. The molecule has 0 radical (unpaired) electrons. The van der Waals surface area contributed by atoms with Crippen LogP contribution in [0.2, 0.25) is 0 Å². The van der Waals surface area contributed by atoms with Gasteiger partial charge in [-0.25, -0.2) is 0 Å². The number of rotatable bonds is 4. The standard InChI is InChI=1S/C24H17BrN2O2/c25-19-7-2-1-5-16(19)14-27-20-8-3-6-18(24(26)28)23(20)17-11-10-15(13-21(17)27)22-9-4-12-29-22/h1-13H,14H2,(H2,26,28). The van der Waals surface area contributed by atoms with E-state index in [9.17, 15) is 4.79 Å². The Labute approximate surface area is 175 Å². The molecule has 5 rings (SSSR count). The number of hydrogen-bond acceptors (Lipinski definition) is 2. The third-order valence-corrected chi connectivity index (χ3v) is 6.02. The van der Waals surface area contributed by atoms with E-state index in [0.717, 1.165) is 43.2 Å². The van der Waals surface area contributed by atoms with Crippen molar-refractivity contribution in [3.63, 3.8) is 0 Å². The minimum Gasteiger partial charge on any atom is -0.464 e. The van der Waals surface area contributed by atoms with Crippen molar-refractivity contribution in [3.8, 4) is 11.3 Å². The summed E-state index contributed by atoms with van der Waals surface area (Å²) in [5, 5.41) is 1.88. The zero-order valence-corrected chi connectivity index (χ0v) is 17.0. The van der Waals surface area contributed by atoms with Gasteiger partial charge in [-0.2, -0.15) is 0 Å². The van der Waals surface area contributed by atoms with Gasteiger partial charge in [0.25, 0.3) is 0 Å². The summed E-state index contributed by atoms with van der Waals surface area (Å²) in [4.78, 5) is 12.1. The summed E-state index contributed by atoms with van der Waals surface area (Å²) in [6.45, 7) is 0.658. The number of hydrogen-bond donors (Lipinski definition) is 1. The first-order valence-corrected chi connectivity index (χ1v) is 10.0. The van der Waals surface area contributed by atoms with Gasteiger partial charge < -0.3 is 14.7 Å². The molecule has 0 atom stereocenters. The number of fused-ring (bicyclic) bond motifs is 3. The maximum atomic E-state index is 12.1. The lowest BCUT2D eigenvalue weighted by Gasteiger charge is -2.10. The third-order valence-electron chi connectivity index (χ3n) is 5.25. The van der Waals surface area contributed by atoms with Gasteiger partial charge in [0, 0.05) is 32.9 Å². The Morgan fingerprint density at radius 1 is 0.966 bits per heavy atom. The molecule has 0 fully saturated rings. The summed E-state index contributed by atoms with van der Waals surface area (Å²) in [6.07, 6.45) is 1.67. The Morgan fingerprint density at radius 2 is 1.83 bits per heavy atom. The van der Waals surface area contributed by atoms with E-state index < -0.39 is 5.91 Å². The van der Waals surface area contributed by atoms with E-state index in [1.807, 2.05) is 54.6 Å². The minimum absolute atomic E-state index is 0.425. The van der Waals surface area contributed by atoms with Crippen molar-refractivity contribution in [1.82, 2.24) is 4.57 Å². The van der Waals surface area contributed by atoms with E-state index in [4.69, 9.17) is 10.2 Å². The molecule has 1 amide bonds. The summed E-state index contributed by atoms with van der Waals surface area (Å²) < 4.78 is 8.86. The van der Waals surface area contributed by atoms with Crippen LogP contribution in [-0.2, 0) is 6.54 Å². The van der Waals surface area contributed by atoms with Crippen LogP contribution in [0.3, 0.4) is 0 Å². The van der Waals surface area contributed by atoms with Crippen molar-refractivity contribution >= 4 is 43.6 Å². The average molecular weight is 445 g/mol. The molecule has 0 saturated carbocycles. The van der Waals surface area contributed by atoms with E-state index in [-0.39, 0.29) is 0 Å². The number of nitrogens with two attached hydrogens (primary N) is 1. The molecule has 5 heteroatoms. The first-order chi connectivity index (χ1) is 14.1. The van der Waals surface area contributed by atoms with Crippen LogP contribution in [0.15, 0.2) is 87.9 Å². The summed E-state index contributed by atoms with van der Waals surface area (Å²) >= 11 is 3.65. The summed E-state index contributed by atoms with van der Waals surface area (Å²) in [5.41, 5.74) is 10.4. The highest BCUT2D eigenvalue weighted by atomic mass is 79.9. The number of primary amides is 1. The molecule has 4 nitrogen and oxygen atoms in total. The molecule has 3 aromatic carbocycles. The smallest absolute Gasteiger partial charge is 0.249 e. The molecule has 2 heterocycles. The highest BCUT2D eigenvalue weighted by molar-refractivity contribution is 9.10. The maximum absolute atomic E-state index is 12.1. The van der Waals surface area contributed by atoms with Gasteiger partial charge in [0.1, 0.15) is 5.76 Å². The predicted molar refractivity (Wildman–Crippen MR) is 119 cm³/mol. The Hall–Kier alpha value is -3.31. The number of aromatic nitrogens is 1. The molecule has 5 aromatic rings. The van der Waals surface area contributed by atoms with E-state index in [1.54, 1.807) is 12.3 Å². The highest BCUT2D eigenvalue weighted by Crippen LogP contribution is 2.35. The van der Waals surface area contributed by atoms with E-state index in [2.05, 4.69) is 32.6 Å². The normalized spacial score (nSPS) is 11.3. The van der Waals surface area contributed by atoms with Crippen molar-refractivity contribution in [2.75, 3.05) is 0 Å². The number of halogens is 1. The lowest BCUT2D eigenvalue weighted by molar-refractivity contribution is 0.100. The summed E-state index contributed by atoms with van der Waals surface area (Å²) in [5.74, 6) is 0.380. The average Bonchev–Trinajstić information content (AvgIpc) is 3.36. The lowest BCUT2D eigenvalue weighted by atomic mass is 10.0. The van der Waals surface area contributed by atoms with E-state index in [0.29, 0.717) is 12.1 Å². The summed E-state index contributed by atoms with van der Waals surface area (Å²) in [7, 11) is 0. The van der Waals surface area contributed by atoms with Crippen molar-refractivity contribution < 1.29 is 9.21 Å². The molecule has 29 heavy (non-hydrogen) atoms. The van der Waals surface area contributed by atoms with Crippen LogP contribution in [0, 0.1) is 0 Å². The Morgan fingerprint density at radius 3 is 2.59 bits per heavy atom. The van der Waals surface area contributed by atoms with Crippen molar-refractivity contribution in [1.29, 1.82) is 0 Å². The van der Waals surface area contributed by atoms with Crippen LogP contribution < -0.4 is 5.73 Å². The van der Waals surface area contributed by atoms with Crippen LogP contribution in [0.25, 0.3) is 33.1 Å². The number of carbonyl (C=O) groups excluding carboxylic acids is 1. The molecule has 0 aliphatic heterocycles. The number of benzene rings is 3. The Bertz CT molecular complexity index is 1370. The van der Waals surface area contributed by atoms with Gasteiger partial charge in [-0.15, -0.1) is 0 Å². The molecular weight excluding hydrogens is 428 g/mol. The molecule has 0 saturated heterocycles. The first kappa shape index (κ1) is 17.8. The van der Waals surface area contributed by atoms with Gasteiger partial charge in [-0.1, -0.05) is 52.3 Å². The molecule has 0 aliphatic rings. The van der Waals surface area contributed by atoms with Gasteiger partial charge in [0.2, 0.25) is 5.91 Å².